The van der Waals surface area contributed by atoms with E-state index < -0.39 is 16.0 Å². The first-order valence-corrected chi connectivity index (χ1v) is 11.0. The minimum Gasteiger partial charge on any atom is -0.457 e. The van der Waals surface area contributed by atoms with Crippen molar-refractivity contribution in [3.05, 3.63) is 52.8 Å². The molecule has 0 aliphatic heterocycles. The molecule has 1 aromatic carbocycles. The van der Waals surface area contributed by atoms with Crippen LogP contribution in [0.4, 0.5) is 0 Å². The number of esters is 1. The molecule has 0 radical (unpaired) electrons. The molecule has 0 bridgehead atoms. The summed E-state index contributed by atoms with van der Waals surface area (Å²) in [5.41, 5.74) is 3.16. The van der Waals surface area contributed by atoms with Gasteiger partial charge >= 0.3 is 5.97 Å². The summed E-state index contributed by atoms with van der Waals surface area (Å²) in [6, 6.07) is 8.54. The lowest BCUT2D eigenvalue weighted by Gasteiger charge is -2.16. The molecule has 0 saturated heterocycles. The van der Waals surface area contributed by atoms with Gasteiger partial charge < -0.3 is 9.15 Å². The van der Waals surface area contributed by atoms with Gasteiger partial charge in [0.15, 0.2) is 5.78 Å². The van der Waals surface area contributed by atoms with Crippen LogP contribution in [0.2, 0.25) is 0 Å². The monoisotopic (exact) mass is 419 g/mol. The number of hydrogen-bond acceptors (Lipinski definition) is 6. The number of ether oxygens (including phenoxy) is 1. The van der Waals surface area contributed by atoms with Crippen molar-refractivity contribution in [2.45, 2.75) is 50.2 Å². The number of Topliss-reactive ketones (excluding diaryl/α,β-unsaturated/α-hetero) is 1. The van der Waals surface area contributed by atoms with Crippen molar-refractivity contribution in [3.8, 4) is 0 Å². The van der Waals surface area contributed by atoms with Gasteiger partial charge in [0.25, 0.3) is 10.0 Å². The first kappa shape index (κ1) is 21.3. The molecule has 0 unspecified atom stereocenters. The number of aryl methyl sites for hydroxylation is 2. The summed E-state index contributed by atoms with van der Waals surface area (Å²) < 4.78 is 35.3. The first-order valence-electron chi connectivity index (χ1n) is 9.59. The molecule has 0 saturated carbocycles. The van der Waals surface area contributed by atoms with Gasteiger partial charge in [0, 0.05) is 26.1 Å². The fourth-order valence-electron chi connectivity index (χ4n) is 3.25. The fourth-order valence-corrected chi connectivity index (χ4v) is 4.06. The van der Waals surface area contributed by atoms with Crippen LogP contribution in [0.3, 0.4) is 0 Å². The highest BCUT2D eigenvalue weighted by molar-refractivity contribution is 7.88. The highest BCUT2D eigenvalue weighted by Gasteiger charge is 2.22. The SMILES string of the molecule is CN(C)S(=O)(=O)c1ccc(COC(=O)CCC(=O)c2ccc3c(c2)CCCC3)o1. The second kappa shape index (κ2) is 8.92. The largest absolute Gasteiger partial charge is 0.457 e. The maximum atomic E-state index is 12.4. The molecule has 29 heavy (non-hydrogen) atoms. The number of fused-ring (bicyclic) bond motifs is 1. The van der Waals surface area contributed by atoms with Crippen LogP contribution in [-0.4, -0.2) is 38.6 Å². The fraction of sp³-hybridized carbons (Fsp3) is 0.429. The van der Waals surface area contributed by atoms with Gasteiger partial charge in [0.05, 0.1) is 6.42 Å². The third-order valence-corrected chi connectivity index (χ3v) is 6.66. The number of rotatable bonds is 8. The highest BCUT2D eigenvalue weighted by atomic mass is 32.2. The zero-order chi connectivity index (χ0) is 21.0. The molecule has 7 nitrogen and oxygen atoms in total. The topological polar surface area (TPSA) is 93.9 Å². The van der Waals surface area contributed by atoms with Crippen molar-refractivity contribution in [3.63, 3.8) is 0 Å². The number of furan rings is 1. The van der Waals surface area contributed by atoms with Crippen LogP contribution in [0.5, 0.6) is 0 Å². The van der Waals surface area contributed by atoms with E-state index in [0.29, 0.717) is 5.56 Å². The summed E-state index contributed by atoms with van der Waals surface area (Å²) in [4.78, 5) is 24.3. The van der Waals surface area contributed by atoms with E-state index in [0.717, 1.165) is 23.6 Å². The lowest BCUT2D eigenvalue weighted by Crippen LogP contribution is -2.21. The van der Waals surface area contributed by atoms with E-state index in [9.17, 15) is 18.0 Å². The molecule has 3 rings (SSSR count). The van der Waals surface area contributed by atoms with Gasteiger partial charge in [0.1, 0.15) is 12.4 Å². The van der Waals surface area contributed by atoms with Crippen LogP contribution >= 0.6 is 0 Å². The molecule has 0 amide bonds. The normalized spacial score (nSPS) is 13.9. The number of sulfonamides is 1. The summed E-state index contributed by atoms with van der Waals surface area (Å²) in [6.07, 6.45) is 4.40. The van der Waals surface area contributed by atoms with E-state index in [1.54, 1.807) is 0 Å². The molecule has 1 heterocycles. The first-order chi connectivity index (χ1) is 13.8. The second-order valence-electron chi connectivity index (χ2n) is 7.28. The molecule has 1 aliphatic carbocycles. The number of ketones is 1. The zero-order valence-corrected chi connectivity index (χ0v) is 17.5. The number of carbonyl (C=O) groups is 2. The molecule has 0 atom stereocenters. The summed E-state index contributed by atoms with van der Waals surface area (Å²) in [6.45, 7) is -0.186. The van der Waals surface area contributed by atoms with Crippen LogP contribution in [0, 0.1) is 0 Å². The molecule has 8 heteroatoms. The van der Waals surface area contributed by atoms with E-state index in [4.69, 9.17) is 9.15 Å². The Morgan fingerprint density at radius 2 is 1.76 bits per heavy atom. The molecular weight excluding hydrogens is 394 g/mol. The lowest BCUT2D eigenvalue weighted by atomic mass is 9.89. The van der Waals surface area contributed by atoms with Gasteiger partial charge in [0.2, 0.25) is 5.09 Å². The van der Waals surface area contributed by atoms with Crippen molar-refractivity contribution in [1.82, 2.24) is 4.31 Å². The Labute approximate surface area is 170 Å². The maximum Gasteiger partial charge on any atom is 0.306 e. The van der Waals surface area contributed by atoms with Crippen molar-refractivity contribution in [2.24, 2.45) is 0 Å². The Balaban J connectivity index is 1.49. The van der Waals surface area contributed by atoms with Gasteiger partial charge in [-0.05, 0) is 55.0 Å². The summed E-state index contributed by atoms with van der Waals surface area (Å²) >= 11 is 0. The predicted octanol–water partition coefficient (Wildman–Crippen LogP) is 3.12. The van der Waals surface area contributed by atoms with Gasteiger partial charge in [-0.3, -0.25) is 9.59 Å². The number of carbonyl (C=O) groups excluding carboxylic acids is 2. The molecule has 2 aromatic rings. The summed E-state index contributed by atoms with van der Waals surface area (Å²) in [7, 11) is -0.872. The zero-order valence-electron chi connectivity index (χ0n) is 16.6. The number of hydrogen-bond donors (Lipinski definition) is 0. The van der Waals surface area contributed by atoms with E-state index in [-0.39, 0.29) is 36.1 Å². The Bertz CT molecular complexity index is 1010. The highest BCUT2D eigenvalue weighted by Crippen LogP contribution is 2.23. The van der Waals surface area contributed by atoms with E-state index in [1.807, 2.05) is 18.2 Å². The number of benzene rings is 1. The molecule has 1 aliphatic rings. The van der Waals surface area contributed by atoms with E-state index in [2.05, 4.69) is 0 Å². The second-order valence-corrected chi connectivity index (χ2v) is 9.37. The smallest absolute Gasteiger partial charge is 0.306 e. The Morgan fingerprint density at radius 1 is 1.03 bits per heavy atom. The van der Waals surface area contributed by atoms with Gasteiger partial charge in [-0.15, -0.1) is 0 Å². The quantitative estimate of drug-likeness (QED) is 0.482. The average molecular weight is 419 g/mol. The lowest BCUT2D eigenvalue weighted by molar-refractivity contribution is -0.145. The third-order valence-electron chi connectivity index (χ3n) is 4.97. The third kappa shape index (κ3) is 5.13. The average Bonchev–Trinajstić information content (AvgIpc) is 3.20. The molecule has 1 aromatic heterocycles. The van der Waals surface area contributed by atoms with Crippen LogP contribution < -0.4 is 0 Å². The van der Waals surface area contributed by atoms with Crippen molar-refractivity contribution >= 4 is 21.8 Å². The van der Waals surface area contributed by atoms with E-state index >= 15 is 0 Å². The van der Waals surface area contributed by atoms with Gasteiger partial charge in [-0.25, -0.2) is 12.7 Å². The molecule has 0 fully saturated rings. The van der Waals surface area contributed by atoms with Crippen LogP contribution in [0.1, 0.15) is 52.9 Å². The van der Waals surface area contributed by atoms with Gasteiger partial charge in [-0.1, -0.05) is 12.1 Å². The van der Waals surface area contributed by atoms with Crippen LogP contribution in [0.15, 0.2) is 39.8 Å². The minimum atomic E-state index is -3.67. The molecule has 156 valence electrons. The van der Waals surface area contributed by atoms with Crippen LogP contribution in [-0.2, 0) is 39.0 Å². The molecule has 0 N–H and O–H groups in total. The Morgan fingerprint density at radius 3 is 2.48 bits per heavy atom. The Kier molecular flexibility index (Phi) is 6.54. The summed E-state index contributed by atoms with van der Waals surface area (Å²) in [5.74, 6) is -0.405. The van der Waals surface area contributed by atoms with Crippen molar-refractivity contribution in [1.29, 1.82) is 0 Å². The predicted molar refractivity (Wildman–Crippen MR) is 106 cm³/mol. The minimum absolute atomic E-state index is 0.0422. The Hall–Kier alpha value is -2.45. The molecular formula is C21H25NO6S. The number of nitrogens with zero attached hydrogens (tertiary/aromatic N) is 1. The van der Waals surface area contributed by atoms with Gasteiger partial charge in [-0.2, -0.15) is 0 Å². The summed E-state index contributed by atoms with van der Waals surface area (Å²) in [5, 5.41) is -0.212. The van der Waals surface area contributed by atoms with Crippen LogP contribution in [0.25, 0.3) is 0 Å². The maximum absolute atomic E-state index is 12.4. The molecule has 0 spiro atoms. The van der Waals surface area contributed by atoms with Crippen molar-refractivity contribution in [2.75, 3.05) is 14.1 Å². The van der Waals surface area contributed by atoms with Crippen molar-refractivity contribution < 1.29 is 27.2 Å². The van der Waals surface area contributed by atoms with E-state index in [1.165, 1.54) is 43.8 Å². The standard InChI is InChI=1S/C21H25NO6S/c1-22(2)29(25,26)21-12-9-18(28-21)14-27-20(24)11-10-19(23)17-8-7-15-5-3-4-6-16(15)13-17/h7-9,12-13H,3-6,10-11,14H2,1-2H3.